The number of carboxylic acid groups (broad SMARTS) is 1. The Labute approximate surface area is 194 Å². The van der Waals surface area contributed by atoms with Crippen LogP contribution in [0, 0.1) is 0 Å². The average molecular weight is 483 g/mol. The predicted octanol–water partition coefficient (Wildman–Crippen LogP) is -0.489. The fourth-order valence-corrected chi connectivity index (χ4v) is 2.87. The minimum atomic E-state index is -1.38. The molecule has 1 aromatic rings. The van der Waals surface area contributed by atoms with Crippen LogP contribution in [0.5, 0.6) is 0 Å². The van der Waals surface area contributed by atoms with E-state index in [1.165, 1.54) is 13.8 Å². The van der Waals surface area contributed by atoms with E-state index in [1.54, 1.807) is 24.3 Å². The number of ether oxygens (including phenoxy) is 1. The summed E-state index contributed by atoms with van der Waals surface area (Å²) in [5.41, 5.74) is 5.95. The molecule has 0 spiro atoms. The number of alkyl carbamates (subject to hydrolysis) is 1. The summed E-state index contributed by atoms with van der Waals surface area (Å²) in [6, 6.07) is 5.36. The molecule has 0 saturated carbocycles. The van der Waals surface area contributed by atoms with Crippen LogP contribution < -0.4 is 21.7 Å². The second-order valence-electron chi connectivity index (χ2n) is 6.88. The zero-order valence-electron chi connectivity index (χ0n) is 18.0. The monoisotopic (exact) mass is 482 g/mol. The molecule has 0 bridgehead atoms. The molecule has 0 aromatic heterocycles. The lowest BCUT2D eigenvalue weighted by molar-refractivity contribution is -0.134. The summed E-state index contributed by atoms with van der Waals surface area (Å²) in [6.07, 6.45) is -1.34. The zero-order chi connectivity index (χ0) is 25.0. The molecule has 0 fully saturated rings. The van der Waals surface area contributed by atoms with E-state index in [2.05, 4.69) is 16.0 Å². The topological polar surface area (TPSA) is 194 Å². The Hall–Kier alpha value is -3.61. The molecule has 3 atom stereocenters. The minimum Gasteiger partial charge on any atom is -0.481 e. The van der Waals surface area contributed by atoms with Crippen LogP contribution in [0.25, 0.3) is 0 Å². The van der Waals surface area contributed by atoms with Crippen molar-refractivity contribution in [3.8, 4) is 0 Å². The molecule has 0 saturated heterocycles. The minimum absolute atomic E-state index is 0.0117. The first kappa shape index (κ1) is 27.4. The second kappa shape index (κ2) is 13.7. The quantitative estimate of drug-likeness (QED) is 0.261. The highest BCUT2D eigenvalue weighted by molar-refractivity contribution is 8.14. The molecule has 1 unspecified atom stereocenters. The van der Waals surface area contributed by atoms with Gasteiger partial charge >= 0.3 is 12.1 Å². The number of nitrogens with two attached hydrogens (primary N) is 1. The van der Waals surface area contributed by atoms with Gasteiger partial charge in [0.2, 0.25) is 17.7 Å². The van der Waals surface area contributed by atoms with E-state index in [9.17, 15) is 28.8 Å². The molecule has 4 amide bonds. The van der Waals surface area contributed by atoms with Gasteiger partial charge in [0.25, 0.3) is 0 Å². The van der Waals surface area contributed by atoms with Crippen molar-refractivity contribution in [3.63, 3.8) is 0 Å². The van der Waals surface area contributed by atoms with E-state index in [-0.39, 0.29) is 6.61 Å². The lowest BCUT2D eigenvalue weighted by Gasteiger charge is -2.20. The van der Waals surface area contributed by atoms with E-state index in [4.69, 9.17) is 15.6 Å². The third kappa shape index (κ3) is 11.0. The molecule has 12 nitrogen and oxygen atoms in total. The first-order chi connectivity index (χ1) is 15.5. The summed E-state index contributed by atoms with van der Waals surface area (Å²) < 4.78 is 5.02. The van der Waals surface area contributed by atoms with Crippen LogP contribution in [0.15, 0.2) is 30.3 Å². The number of amides is 4. The van der Waals surface area contributed by atoms with Gasteiger partial charge in [-0.05, 0) is 19.4 Å². The highest BCUT2D eigenvalue weighted by atomic mass is 32.2. The van der Waals surface area contributed by atoms with Crippen LogP contribution in [-0.2, 0) is 35.3 Å². The molecule has 1 rings (SSSR count). The van der Waals surface area contributed by atoms with Crippen molar-refractivity contribution in [2.24, 2.45) is 5.73 Å². The molecule has 0 radical (unpaired) electrons. The molecule has 0 aliphatic heterocycles. The van der Waals surface area contributed by atoms with Gasteiger partial charge < -0.3 is 31.5 Å². The van der Waals surface area contributed by atoms with Crippen LogP contribution >= 0.6 is 11.8 Å². The highest BCUT2D eigenvalue weighted by Crippen LogP contribution is 2.08. The maximum absolute atomic E-state index is 12.3. The Morgan fingerprint density at radius 2 is 1.55 bits per heavy atom. The number of rotatable bonds is 12. The van der Waals surface area contributed by atoms with Gasteiger partial charge in [-0.3, -0.25) is 24.0 Å². The SMILES string of the molecule is C[C@H](NC(=O)OCc1ccccc1)C(=O)N[C@@H](C)C(=O)NC(CC(=O)SCC(=O)O)C(N)=O. The number of carbonyl (C=O) groups excluding carboxylic acids is 5. The van der Waals surface area contributed by atoms with Gasteiger partial charge in [0.05, 0.1) is 5.75 Å². The largest absolute Gasteiger partial charge is 0.481 e. The van der Waals surface area contributed by atoms with E-state index in [0.29, 0.717) is 11.8 Å². The third-order valence-corrected chi connectivity index (χ3v) is 4.96. The Morgan fingerprint density at radius 3 is 2.12 bits per heavy atom. The standard InChI is InChI=1S/C20H26N4O8S/c1-11(19(30)24-14(17(21)28)8-16(27)33-10-15(25)26)22-18(29)12(2)23-20(31)32-9-13-6-4-3-5-7-13/h3-7,11-12,14H,8-10H2,1-2H3,(H2,21,28)(H,22,29)(H,23,31)(H,24,30)(H,25,26)/t11-,12-,14?/m0/s1. The van der Waals surface area contributed by atoms with Crippen LogP contribution in [0.1, 0.15) is 25.8 Å². The van der Waals surface area contributed by atoms with Crippen molar-refractivity contribution in [3.05, 3.63) is 35.9 Å². The maximum Gasteiger partial charge on any atom is 0.408 e. The van der Waals surface area contributed by atoms with Crippen molar-refractivity contribution < 1.29 is 38.6 Å². The first-order valence-electron chi connectivity index (χ1n) is 9.74. The Bertz CT molecular complexity index is 880. The van der Waals surface area contributed by atoms with Crippen molar-refractivity contribution in [1.82, 2.24) is 16.0 Å². The summed E-state index contributed by atoms with van der Waals surface area (Å²) in [6.45, 7) is 2.72. The number of hydrogen-bond acceptors (Lipinski definition) is 8. The zero-order valence-corrected chi connectivity index (χ0v) is 18.8. The Kier molecular flexibility index (Phi) is 11.4. The molecule has 0 aliphatic rings. The van der Waals surface area contributed by atoms with Crippen molar-refractivity contribution in [2.45, 2.75) is 45.0 Å². The number of carbonyl (C=O) groups is 6. The van der Waals surface area contributed by atoms with Crippen LogP contribution in [0.4, 0.5) is 4.79 Å². The number of aliphatic carboxylic acids is 1. The summed E-state index contributed by atoms with van der Waals surface area (Å²) in [5.74, 6) is -4.21. The number of hydrogen-bond donors (Lipinski definition) is 5. The van der Waals surface area contributed by atoms with Crippen LogP contribution in [-0.4, -0.2) is 63.9 Å². The van der Waals surface area contributed by atoms with E-state index >= 15 is 0 Å². The summed E-state index contributed by atoms with van der Waals surface area (Å²) in [4.78, 5) is 70.2. The summed E-state index contributed by atoms with van der Waals surface area (Å²) in [5, 5.41) is 14.9. The fourth-order valence-electron chi connectivity index (χ4n) is 2.30. The lowest BCUT2D eigenvalue weighted by Crippen LogP contribution is -2.55. The van der Waals surface area contributed by atoms with E-state index in [1.807, 2.05) is 6.07 Å². The summed E-state index contributed by atoms with van der Waals surface area (Å²) in [7, 11) is 0. The predicted molar refractivity (Wildman–Crippen MR) is 118 cm³/mol. The molecular weight excluding hydrogens is 456 g/mol. The number of primary amides is 1. The van der Waals surface area contributed by atoms with Crippen molar-refractivity contribution >= 4 is 46.7 Å². The van der Waals surface area contributed by atoms with E-state index in [0.717, 1.165) is 5.56 Å². The fraction of sp³-hybridized carbons (Fsp3) is 0.400. The molecule has 0 aliphatic carbocycles. The molecule has 13 heteroatoms. The lowest BCUT2D eigenvalue weighted by atomic mass is 10.2. The van der Waals surface area contributed by atoms with Crippen LogP contribution in [0.3, 0.4) is 0 Å². The third-order valence-electron chi connectivity index (χ3n) is 4.08. The molecule has 180 valence electrons. The van der Waals surface area contributed by atoms with Crippen molar-refractivity contribution in [2.75, 3.05) is 5.75 Å². The number of nitrogens with one attached hydrogen (secondary N) is 3. The van der Waals surface area contributed by atoms with Gasteiger partial charge in [-0.25, -0.2) is 4.79 Å². The van der Waals surface area contributed by atoms with Gasteiger partial charge in [-0.2, -0.15) is 0 Å². The highest BCUT2D eigenvalue weighted by Gasteiger charge is 2.26. The van der Waals surface area contributed by atoms with Gasteiger partial charge in [-0.15, -0.1) is 0 Å². The summed E-state index contributed by atoms with van der Waals surface area (Å²) >= 11 is 0.469. The maximum atomic E-state index is 12.3. The van der Waals surface area contributed by atoms with Gasteiger partial charge in [-0.1, -0.05) is 42.1 Å². The number of benzene rings is 1. The second-order valence-corrected chi connectivity index (χ2v) is 7.91. The molecule has 0 heterocycles. The molecule has 6 N–H and O–H groups in total. The molecule has 33 heavy (non-hydrogen) atoms. The van der Waals surface area contributed by atoms with Gasteiger partial charge in [0, 0.05) is 6.42 Å². The van der Waals surface area contributed by atoms with Gasteiger partial charge in [0.1, 0.15) is 24.7 Å². The number of carboxylic acids is 1. The first-order valence-corrected chi connectivity index (χ1v) is 10.7. The molecule has 1 aromatic carbocycles. The Morgan fingerprint density at radius 1 is 0.970 bits per heavy atom. The number of thioether (sulfide) groups is 1. The van der Waals surface area contributed by atoms with Crippen LogP contribution in [0.2, 0.25) is 0 Å². The normalized spacial score (nSPS) is 13.0. The Balaban J connectivity index is 2.49. The van der Waals surface area contributed by atoms with Crippen molar-refractivity contribution in [1.29, 1.82) is 0 Å². The van der Waals surface area contributed by atoms with Gasteiger partial charge in [0.15, 0.2) is 5.12 Å². The van der Waals surface area contributed by atoms with E-state index < -0.39 is 65.2 Å². The molecular formula is C20H26N4O8S. The average Bonchev–Trinajstić information content (AvgIpc) is 2.76. The smallest absolute Gasteiger partial charge is 0.408 e.